The van der Waals surface area contributed by atoms with Crippen molar-refractivity contribution in [3.8, 4) is 5.75 Å². The predicted molar refractivity (Wildman–Crippen MR) is 87.1 cm³/mol. The van der Waals surface area contributed by atoms with Crippen molar-refractivity contribution in [2.75, 3.05) is 13.2 Å². The number of urea groups is 1. The van der Waals surface area contributed by atoms with E-state index in [1.807, 2.05) is 12.1 Å². The summed E-state index contributed by atoms with van der Waals surface area (Å²) in [5, 5.41) is 16.2. The minimum Gasteiger partial charge on any atom is -0.493 e. The van der Waals surface area contributed by atoms with Crippen molar-refractivity contribution < 1.29 is 19.0 Å². The van der Waals surface area contributed by atoms with Gasteiger partial charge >= 0.3 is 6.03 Å². The molecule has 0 aliphatic carbocycles. The quantitative estimate of drug-likeness (QED) is 0.805. The van der Waals surface area contributed by atoms with E-state index >= 15 is 0 Å². The number of carbonyl (C=O) groups is 1. The minimum atomic E-state index is -1.15. The number of para-hydroxylation sites is 1. The number of hydrogen-bond donors (Lipinski definition) is 3. The molecule has 0 saturated carbocycles. The van der Waals surface area contributed by atoms with E-state index in [4.69, 9.17) is 4.74 Å². The molecule has 5 nitrogen and oxygen atoms in total. The van der Waals surface area contributed by atoms with Gasteiger partial charge in [-0.25, -0.2) is 9.18 Å². The van der Waals surface area contributed by atoms with Gasteiger partial charge in [-0.05, 0) is 23.8 Å². The van der Waals surface area contributed by atoms with Crippen LogP contribution in [-0.2, 0) is 12.1 Å². The zero-order valence-corrected chi connectivity index (χ0v) is 13.1. The Labute approximate surface area is 139 Å². The molecule has 0 radical (unpaired) electrons. The summed E-state index contributed by atoms with van der Waals surface area (Å²) in [5.74, 6) is 0.323. The summed E-state index contributed by atoms with van der Waals surface area (Å²) >= 11 is 0. The van der Waals surface area contributed by atoms with Gasteiger partial charge in [-0.15, -0.1) is 0 Å². The molecule has 0 bridgehead atoms. The lowest BCUT2D eigenvalue weighted by atomic mass is 9.88. The third-order valence-corrected chi connectivity index (χ3v) is 4.07. The first-order valence-electron chi connectivity index (χ1n) is 7.78. The number of halogens is 1. The highest BCUT2D eigenvalue weighted by Crippen LogP contribution is 2.36. The molecule has 3 N–H and O–H groups in total. The average Bonchev–Trinajstić information content (AvgIpc) is 2.60. The van der Waals surface area contributed by atoms with Crippen molar-refractivity contribution in [3.63, 3.8) is 0 Å². The first-order chi connectivity index (χ1) is 11.6. The van der Waals surface area contributed by atoms with E-state index in [9.17, 15) is 14.3 Å². The topological polar surface area (TPSA) is 70.6 Å². The molecule has 0 aromatic heterocycles. The molecule has 2 amide bonds. The van der Waals surface area contributed by atoms with E-state index in [2.05, 4.69) is 10.6 Å². The number of carbonyl (C=O) groups excluding carboxylic acids is 1. The number of rotatable bonds is 4. The molecule has 2 aromatic carbocycles. The second-order valence-electron chi connectivity index (χ2n) is 5.79. The number of ether oxygens (including phenoxy) is 1. The number of benzene rings is 2. The van der Waals surface area contributed by atoms with Gasteiger partial charge in [0.1, 0.15) is 17.2 Å². The van der Waals surface area contributed by atoms with Gasteiger partial charge in [0.25, 0.3) is 0 Å². The van der Waals surface area contributed by atoms with Crippen LogP contribution in [-0.4, -0.2) is 24.3 Å². The van der Waals surface area contributed by atoms with Gasteiger partial charge in [0.05, 0.1) is 13.2 Å². The molecule has 6 heteroatoms. The second-order valence-corrected chi connectivity index (χ2v) is 5.79. The van der Waals surface area contributed by atoms with E-state index in [0.29, 0.717) is 24.3 Å². The first kappa shape index (κ1) is 16.3. The monoisotopic (exact) mass is 330 g/mol. The SMILES string of the molecule is O=C(NCc1ccc(F)cc1)NCC1(O)CCOc2ccccc21. The van der Waals surface area contributed by atoms with Gasteiger partial charge in [0.15, 0.2) is 0 Å². The average molecular weight is 330 g/mol. The zero-order valence-electron chi connectivity index (χ0n) is 13.1. The van der Waals surface area contributed by atoms with Crippen LogP contribution in [0.2, 0.25) is 0 Å². The lowest BCUT2D eigenvalue weighted by Gasteiger charge is -2.34. The molecular weight excluding hydrogens is 311 g/mol. The van der Waals surface area contributed by atoms with Crippen LogP contribution in [0.4, 0.5) is 9.18 Å². The van der Waals surface area contributed by atoms with Gasteiger partial charge in [0, 0.05) is 18.5 Å². The maximum Gasteiger partial charge on any atom is 0.315 e. The summed E-state index contributed by atoms with van der Waals surface area (Å²) in [6.45, 7) is 0.763. The summed E-state index contributed by atoms with van der Waals surface area (Å²) < 4.78 is 18.4. The third-order valence-electron chi connectivity index (χ3n) is 4.07. The number of hydrogen-bond acceptors (Lipinski definition) is 3. The molecule has 0 fully saturated rings. The third kappa shape index (κ3) is 3.65. The largest absolute Gasteiger partial charge is 0.493 e. The highest BCUT2D eigenvalue weighted by molar-refractivity contribution is 5.74. The Balaban J connectivity index is 1.55. The highest BCUT2D eigenvalue weighted by Gasteiger charge is 2.35. The fraction of sp³-hybridized carbons (Fsp3) is 0.278. The van der Waals surface area contributed by atoms with Gasteiger partial charge in [0.2, 0.25) is 0 Å². The normalized spacial score (nSPS) is 19.1. The van der Waals surface area contributed by atoms with Crippen molar-refractivity contribution in [2.24, 2.45) is 0 Å². The zero-order chi connectivity index (χ0) is 17.0. The van der Waals surface area contributed by atoms with Crippen LogP contribution in [0.1, 0.15) is 17.5 Å². The lowest BCUT2D eigenvalue weighted by Crippen LogP contribution is -2.46. The van der Waals surface area contributed by atoms with E-state index in [1.165, 1.54) is 12.1 Å². The van der Waals surface area contributed by atoms with E-state index in [1.54, 1.807) is 24.3 Å². The van der Waals surface area contributed by atoms with E-state index in [-0.39, 0.29) is 18.9 Å². The maximum absolute atomic E-state index is 12.8. The van der Waals surface area contributed by atoms with Crippen LogP contribution in [0.25, 0.3) is 0 Å². The summed E-state index contributed by atoms with van der Waals surface area (Å²) in [7, 11) is 0. The molecule has 1 aliphatic heterocycles. The Bertz CT molecular complexity index is 720. The Morgan fingerprint density at radius 1 is 1.17 bits per heavy atom. The van der Waals surface area contributed by atoms with Crippen LogP contribution in [0.15, 0.2) is 48.5 Å². The molecule has 24 heavy (non-hydrogen) atoms. The Hall–Kier alpha value is -2.60. The van der Waals surface area contributed by atoms with Crippen molar-refractivity contribution >= 4 is 6.03 Å². The number of amides is 2. The Kier molecular flexibility index (Phi) is 4.66. The summed E-state index contributed by atoms with van der Waals surface area (Å²) in [4.78, 5) is 11.9. The molecule has 0 saturated heterocycles. The van der Waals surface area contributed by atoms with Crippen LogP contribution in [0, 0.1) is 5.82 Å². The standard InChI is InChI=1S/C18H19FN2O3/c19-14-7-5-13(6-8-14)11-20-17(22)21-12-18(23)9-10-24-16-4-2-1-3-15(16)18/h1-8,23H,9-12H2,(H2,20,21,22). The van der Waals surface area contributed by atoms with Gasteiger partial charge in [-0.1, -0.05) is 30.3 Å². The van der Waals surface area contributed by atoms with Crippen LogP contribution < -0.4 is 15.4 Å². The van der Waals surface area contributed by atoms with Crippen molar-refractivity contribution in [2.45, 2.75) is 18.6 Å². The second kappa shape index (κ2) is 6.88. The summed E-state index contributed by atoms with van der Waals surface area (Å²) in [5.41, 5.74) is 0.318. The van der Waals surface area contributed by atoms with Crippen LogP contribution >= 0.6 is 0 Å². The predicted octanol–water partition coefficient (Wildman–Crippen LogP) is 2.30. The minimum absolute atomic E-state index is 0.0859. The highest BCUT2D eigenvalue weighted by atomic mass is 19.1. The molecule has 1 heterocycles. The number of aliphatic hydroxyl groups is 1. The first-order valence-corrected chi connectivity index (χ1v) is 7.78. The van der Waals surface area contributed by atoms with Gasteiger partial charge in [-0.3, -0.25) is 0 Å². The van der Waals surface area contributed by atoms with E-state index in [0.717, 1.165) is 5.56 Å². The molecule has 1 aliphatic rings. The smallest absolute Gasteiger partial charge is 0.315 e. The van der Waals surface area contributed by atoms with Crippen molar-refractivity contribution in [3.05, 3.63) is 65.5 Å². The van der Waals surface area contributed by atoms with Crippen molar-refractivity contribution in [1.82, 2.24) is 10.6 Å². The molecule has 1 atom stereocenters. The Morgan fingerprint density at radius 3 is 2.71 bits per heavy atom. The molecule has 0 spiro atoms. The maximum atomic E-state index is 12.8. The molecular formula is C18H19FN2O3. The molecule has 2 aromatic rings. The van der Waals surface area contributed by atoms with Gasteiger partial charge < -0.3 is 20.5 Å². The summed E-state index contributed by atoms with van der Waals surface area (Å²) in [6.07, 6.45) is 0.405. The van der Waals surface area contributed by atoms with Crippen LogP contribution in [0.5, 0.6) is 5.75 Å². The number of nitrogens with one attached hydrogen (secondary N) is 2. The van der Waals surface area contributed by atoms with Gasteiger partial charge in [-0.2, -0.15) is 0 Å². The van der Waals surface area contributed by atoms with Crippen molar-refractivity contribution in [1.29, 1.82) is 0 Å². The molecule has 126 valence electrons. The fourth-order valence-corrected chi connectivity index (χ4v) is 2.70. The molecule has 1 unspecified atom stereocenters. The number of fused-ring (bicyclic) bond motifs is 1. The Morgan fingerprint density at radius 2 is 1.92 bits per heavy atom. The summed E-state index contributed by atoms with van der Waals surface area (Å²) in [6, 6.07) is 12.8. The molecule has 3 rings (SSSR count). The van der Waals surface area contributed by atoms with E-state index < -0.39 is 11.6 Å². The fourth-order valence-electron chi connectivity index (χ4n) is 2.70. The lowest BCUT2D eigenvalue weighted by molar-refractivity contribution is 0.0000627. The van der Waals surface area contributed by atoms with Crippen LogP contribution in [0.3, 0.4) is 0 Å².